The number of nitrogens with zero attached hydrogens (tertiary/aromatic N) is 1. The van der Waals surface area contributed by atoms with Crippen LogP contribution >= 0.6 is 0 Å². The van der Waals surface area contributed by atoms with Gasteiger partial charge in [0, 0.05) is 17.5 Å². The molecule has 1 aromatic rings. The van der Waals surface area contributed by atoms with Crippen molar-refractivity contribution in [1.29, 1.82) is 0 Å². The first-order chi connectivity index (χ1) is 10.6. The van der Waals surface area contributed by atoms with Gasteiger partial charge in [-0.2, -0.15) is 0 Å². The first kappa shape index (κ1) is 14.1. The molecule has 118 valence electrons. The Bertz CT molecular complexity index is 602. The zero-order chi connectivity index (χ0) is 15.3. The van der Waals surface area contributed by atoms with E-state index in [9.17, 15) is 4.79 Å². The molecule has 1 amide bonds. The first-order valence-corrected chi connectivity index (χ1v) is 8.77. The zero-order valence-corrected chi connectivity index (χ0v) is 13.6. The molecule has 1 heterocycles. The van der Waals surface area contributed by atoms with E-state index in [1.165, 1.54) is 30.4 Å². The number of carbonyl (C=O) groups excluding carboxylic acids is 1. The van der Waals surface area contributed by atoms with Gasteiger partial charge in [-0.05, 0) is 70.4 Å². The van der Waals surface area contributed by atoms with Gasteiger partial charge in [0.2, 0.25) is 5.91 Å². The number of amides is 1. The standard InChI is InChI=1S/C19H25NO2/c1-12-6-11-17-16(18(12)22-15-4-3-5-15)10-7-13(2)20(17)19(21)14-8-9-14/h6,11,13-15H,3-5,7-10H2,1-2H3/t13-/m0/s1. The molecular weight excluding hydrogens is 274 g/mol. The third kappa shape index (κ3) is 2.31. The van der Waals surface area contributed by atoms with Crippen molar-refractivity contribution in [2.75, 3.05) is 4.90 Å². The number of hydrogen-bond acceptors (Lipinski definition) is 2. The van der Waals surface area contributed by atoms with E-state index in [0.29, 0.717) is 18.1 Å². The molecule has 0 unspecified atom stereocenters. The molecule has 0 saturated heterocycles. The van der Waals surface area contributed by atoms with E-state index in [1.54, 1.807) is 0 Å². The molecule has 4 rings (SSSR count). The van der Waals surface area contributed by atoms with Crippen LogP contribution in [0.15, 0.2) is 12.1 Å². The van der Waals surface area contributed by atoms with Crippen LogP contribution in [0.5, 0.6) is 5.75 Å². The maximum Gasteiger partial charge on any atom is 0.230 e. The first-order valence-electron chi connectivity index (χ1n) is 8.77. The van der Waals surface area contributed by atoms with Crippen LogP contribution in [0.2, 0.25) is 0 Å². The maximum atomic E-state index is 12.7. The second-order valence-electron chi connectivity index (χ2n) is 7.25. The van der Waals surface area contributed by atoms with Crippen LogP contribution in [-0.4, -0.2) is 18.1 Å². The predicted octanol–water partition coefficient (Wildman–Crippen LogP) is 4.00. The summed E-state index contributed by atoms with van der Waals surface area (Å²) in [5.41, 5.74) is 3.58. The fourth-order valence-corrected chi connectivity index (χ4v) is 3.60. The van der Waals surface area contributed by atoms with Crippen molar-refractivity contribution in [3.63, 3.8) is 0 Å². The molecule has 0 bridgehead atoms. The molecule has 2 saturated carbocycles. The Morgan fingerprint density at radius 1 is 1.18 bits per heavy atom. The van der Waals surface area contributed by atoms with Crippen molar-refractivity contribution >= 4 is 11.6 Å². The van der Waals surface area contributed by atoms with E-state index in [-0.39, 0.29) is 5.92 Å². The van der Waals surface area contributed by atoms with Gasteiger partial charge in [0.15, 0.2) is 0 Å². The third-order valence-electron chi connectivity index (χ3n) is 5.45. The second-order valence-corrected chi connectivity index (χ2v) is 7.25. The number of hydrogen-bond donors (Lipinski definition) is 0. The largest absolute Gasteiger partial charge is 0.490 e. The van der Waals surface area contributed by atoms with Crippen molar-refractivity contribution < 1.29 is 9.53 Å². The van der Waals surface area contributed by atoms with Crippen molar-refractivity contribution in [2.45, 2.75) is 70.9 Å². The van der Waals surface area contributed by atoms with E-state index in [0.717, 1.165) is 37.1 Å². The van der Waals surface area contributed by atoms with E-state index in [1.807, 2.05) is 0 Å². The lowest BCUT2D eigenvalue weighted by Crippen LogP contribution is -2.43. The van der Waals surface area contributed by atoms with Crippen LogP contribution in [0.1, 0.15) is 56.6 Å². The number of fused-ring (bicyclic) bond motifs is 1. The number of rotatable bonds is 3. The minimum Gasteiger partial charge on any atom is -0.490 e. The molecule has 0 N–H and O–H groups in total. The molecule has 1 aliphatic heterocycles. The molecule has 0 aromatic heterocycles. The predicted molar refractivity (Wildman–Crippen MR) is 87.4 cm³/mol. The highest BCUT2D eigenvalue weighted by atomic mass is 16.5. The molecule has 1 aromatic carbocycles. The molecule has 22 heavy (non-hydrogen) atoms. The van der Waals surface area contributed by atoms with E-state index < -0.39 is 0 Å². The fraction of sp³-hybridized carbons (Fsp3) is 0.632. The number of anilines is 1. The summed E-state index contributed by atoms with van der Waals surface area (Å²) in [6, 6.07) is 4.56. The van der Waals surface area contributed by atoms with Gasteiger partial charge >= 0.3 is 0 Å². The van der Waals surface area contributed by atoms with Gasteiger partial charge in [0.05, 0.1) is 11.8 Å². The Balaban J connectivity index is 1.71. The highest BCUT2D eigenvalue weighted by molar-refractivity contribution is 5.98. The van der Waals surface area contributed by atoms with Crippen molar-refractivity contribution in [2.24, 2.45) is 5.92 Å². The summed E-state index contributed by atoms with van der Waals surface area (Å²) in [5, 5.41) is 0. The lowest BCUT2D eigenvalue weighted by Gasteiger charge is -2.38. The lowest BCUT2D eigenvalue weighted by atomic mass is 9.92. The van der Waals surface area contributed by atoms with Gasteiger partial charge in [-0.25, -0.2) is 0 Å². The quantitative estimate of drug-likeness (QED) is 0.844. The van der Waals surface area contributed by atoms with Crippen LogP contribution in [0.3, 0.4) is 0 Å². The van der Waals surface area contributed by atoms with Gasteiger partial charge < -0.3 is 9.64 Å². The summed E-state index contributed by atoms with van der Waals surface area (Å²) in [4.78, 5) is 14.8. The molecule has 2 aliphatic carbocycles. The number of carbonyl (C=O) groups is 1. The van der Waals surface area contributed by atoms with Crippen LogP contribution in [-0.2, 0) is 11.2 Å². The minimum atomic E-state index is 0.269. The maximum absolute atomic E-state index is 12.7. The summed E-state index contributed by atoms with van der Waals surface area (Å²) < 4.78 is 6.28. The van der Waals surface area contributed by atoms with Crippen LogP contribution in [0, 0.1) is 12.8 Å². The Morgan fingerprint density at radius 3 is 2.59 bits per heavy atom. The topological polar surface area (TPSA) is 29.5 Å². The van der Waals surface area contributed by atoms with Gasteiger partial charge in [-0.15, -0.1) is 0 Å². The number of ether oxygens (including phenoxy) is 1. The van der Waals surface area contributed by atoms with Gasteiger partial charge in [-0.3, -0.25) is 4.79 Å². The molecule has 3 heteroatoms. The average Bonchev–Trinajstić information content (AvgIpc) is 3.28. The average molecular weight is 299 g/mol. The Morgan fingerprint density at radius 2 is 1.95 bits per heavy atom. The van der Waals surface area contributed by atoms with Crippen LogP contribution in [0.25, 0.3) is 0 Å². The van der Waals surface area contributed by atoms with E-state index in [2.05, 4.69) is 30.9 Å². The Labute approximate surface area is 132 Å². The lowest BCUT2D eigenvalue weighted by molar-refractivity contribution is -0.120. The molecule has 3 nitrogen and oxygen atoms in total. The zero-order valence-electron chi connectivity index (χ0n) is 13.6. The van der Waals surface area contributed by atoms with Crippen LogP contribution < -0.4 is 9.64 Å². The molecule has 0 radical (unpaired) electrons. The van der Waals surface area contributed by atoms with Gasteiger partial charge in [0.25, 0.3) is 0 Å². The van der Waals surface area contributed by atoms with Gasteiger partial charge in [0.1, 0.15) is 5.75 Å². The number of aryl methyl sites for hydroxylation is 1. The molecule has 0 spiro atoms. The Hall–Kier alpha value is -1.51. The highest BCUT2D eigenvalue weighted by Gasteiger charge is 2.39. The van der Waals surface area contributed by atoms with Gasteiger partial charge in [-0.1, -0.05) is 6.07 Å². The normalized spacial score (nSPS) is 24.6. The van der Waals surface area contributed by atoms with E-state index in [4.69, 9.17) is 4.74 Å². The molecule has 2 fully saturated rings. The molecular formula is C19H25NO2. The van der Waals surface area contributed by atoms with Crippen molar-refractivity contribution in [3.05, 3.63) is 23.3 Å². The number of benzene rings is 1. The summed E-state index contributed by atoms with van der Waals surface area (Å²) >= 11 is 0. The van der Waals surface area contributed by atoms with Crippen molar-refractivity contribution in [3.8, 4) is 5.75 Å². The summed E-state index contributed by atoms with van der Waals surface area (Å²) in [6.07, 6.45) is 8.20. The summed E-state index contributed by atoms with van der Waals surface area (Å²) in [7, 11) is 0. The minimum absolute atomic E-state index is 0.269. The monoisotopic (exact) mass is 299 g/mol. The summed E-state index contributed by atoms with van der Waals surface area (Å²) in [6.45, 7) is 4.30. The highest BCUT2D eigenvalue weighted by Crippen LogP contribution is 2.43. The molecule has 3 aliphatic rings. The molecule has 1 atom stereocenters. The fourth-order valence-electron chi connectivity index (χ4n) is 3.60. The Kier molecular flexibility index (Phi) is 3.39. The van der Waals surface area contributed by atoms with Crippen molar-refractivity contribution in [1.82, 2.24) is 0 Å². The van der Waals surface area contributed by atoms with E-state index >= 15 is 0 Å². The second kappa shape index (κ2) is 5.29. The third-order valence-corrected chi connectivity index (χ3v) is 5.45. The smallest absolute Gasteiger partial charge is 0.230 e. The SMILES string of the molecule is Cc1ccc2c(c1OC1CCC1)CC[C@H](C)N2C(=O)C1CC1. The van der Waals surface area contributed by atoms with Crippen LogP contribution in [0.4, 0.5) is 5.69 Å². The summed E-state index contributed by atoms with van der Waals surface area (Å²) in [5.74, 6) is 1.65.